The number of pyridine rings is 1. The number of aromatic nitrogens is 1. The number of carbonyl (C=O) groups is 1. The second kappa shape index (κ2) is 7.25. The van der Waals surface area contributed by atoms with Crippen molar-refractivity contribution in [1.29, 1.82) is 0 Å². The lowest BCUT2D eigenvalue weighted by atomic mass is 10.1. The molecule has 0 spiro atoms. The number of sulfonamides is 1. The van der Waals surface area contributed by atoms with Gasteiger partial charge in [-0.05, 0) is 24.3 Å². The average molecular weight is 353 g/mol. The summed E-state index contributed by atoms with van der Waals surface area (Å²) in [5.41, 5.74) is 3.77. The van der Waals surface area contributed by atoms with E-state index in [1.165, 1.54) is 18.2 Å². The lowest BCUT2D eigenvalue weighted by Gasteiger charge is -2.09. The molecule has 0 aliphatic heterocycles. The van der Waals surface area contributed by atoms with Crippen LogP contribution >= 0.6 is 0 Å². The number of carbonyl (C=O) groups excluding carboxylic acids is 1. The molecule has 6 nitrogen and oxygen atoms in total. The van der Waals surface area contributed by atoms with Crippen LogP contribution in [0.4, 0.5) is 0 Å². The van der Waals surface area contributed by atoms with E-state index >= 15 is 0 Å². The van der Waals surface area contributed by atoms with Gasteiger partial charge in [-0.1, -0.05) is 54.6 Å². The number of benzene rings is 2. The topological polar surface area (TPSA) is 88.2 Å². The van der Waals surface area contributed by atoms with E-state index in [-0.39, 0.29) is 10.6 Å². The molecule has 2 aromatic carbocycles. The van der Waals surface area contributed by atoms with Crippen LogP contribution in [0.5, 0.6) is 0 Å². The van der Waals surface area contributed by atoms with Crippen molar-refractivity contribution in [2.24, 2.45) is 0 Å². The number of amides is 1. The van der Waals surface area contributed by atoms with Crippen LogP contribution in [-0.2, 0) is 10.0 Å². The Morgan fingerprint density at radius 3 is 2.12 bits per heavy atom. The molecule has 1 heterocycles. The first-order valence-corrected chi connectivity index (χ1v) is 8.94. The summed E-state index contributed by atoms with van der Waals surface area (Å²) in [4.78, 5) is 18.6. The number of hydrogen-bond acceptors (Lipinski definition) is 4. The third-order valence-corrected chi connectivity index (χ3v) is 4.67. The first kappa shape index (κ1) is 16.8. The van der Waals surface area contributed by atoms with Gasteiger partial charge in [0, 0.05) is 5.56 Å². The first-order chi connectivity index (χ1) is 12.1. The third-order valence-electron chi connectivity index (χ3n) is 3.40. The Labute approximate surface area is 145 Å². The molecule has 0 saturated carbocycles. The molecule has 2 N–H and O–H groups in total. The highest BCUT2D eigenvalue weighted by Crippen LogP contribution is 2.16. The van der Waals surface area contributed by atoms with Crippen LogP contribution < -0.4 is 10.3 Å². The van der Waals surface area contributed by atoms with Crippen LogP contribution in [0.25, 0.3) is 11.3 Å². The molecule has 0 unspecified atom stereocenters. The Balaban J connectivity index is 1.74. The minimum atomic E-state index is -3.84. The fraction of sp³-hybridized carbons (Fsp3) is 0. The van der Waals surface area contributed by atoms with Gasteiger partial charge in [0.05, 0.1) is 10.6 Å². The minimum absolute atomic E-state index is 0.0568. The van der Waals surface area contributed by atoms with Crippen molar-refractivity contribution in [3.05, 3.63) is 84.6 Å². The minimum Gasteiger partial charge on any atom is -0.272 e. The van der Waals surface area contributed by atoms with Crippen LogP contribution in [0.1, 0.15) is 10.5 Å². The van der Waals surface area contributed by atoms with Gasteiger partial charge in [-0.2, -0.15) is 0 Å². The number of nitrogens with one attached hydrogen (secondary N) is 2. The quantitative estimate of drug-likeness (QED) is 0.689. The van der Waals surface area contributed by atoms with E-state index in [2.05, 4.69) is 15.2 Å². The van der Waals surface area contributed by atoms with Gasteiger partial charge in [0.25, 0.3) is 15.9 Å². The molecule has 0 bridgehead atoms. The molecule has 0 aliphatic rings. The molecule has 0 atom stereocenters. The van der Waals surface area contributed by atoms with Crippen LogP contribution in [0, 0.1) is 0 Å². The Morgan fingerprint density at radius 2 is 1.44 bits per heavy atom. The lowest BCUT2D eigenvalue weighted by molar-refractivity contribution is 0.0940. The van der Waals surface area contributed by atoms with Crippen LogP contribution in [0.2, 0.25) is 0 Å². The van der Waals surface area contributed by atoms with Gasteiger partial charge in [-0.15, -0.1) is 4.83 Å². The van der Waals surface area contributed by atoms with E-state index in [9.17, 15) is 13.2 Å². The van der Waals surface area contributed by atoms with E-state index in [0.717, 1.165) is 5.56 Å². The van der Waals surface area contributed by atoms with Crippen molar-refractivity contribution >= 4 is 15.9 Å². The number of nitrogens with zero attached hydrogens (tertiary/aromatic N) is 1. The van der Waals surface area contributed by atoms with Gasteiger partial charge in [0.15, 0.2) is 0 Å². The molecule has 3 aromatic rings. The maximum atomic E-state index is 12.2. The van der Waals surface area contributed by atoms with Gasteiger partial charge in [0.2, 0.25) is 0 Å². The molecule has 7 heteroatoms. The molecule has 0 aliphatic carbocycles. The number of rotatable bonds is 5. The van der Waals surface area contributed by atoms with Crippen molar-refractivity contribution in [2.75, 3.05) is 0 Å². The second-order valence-electron chi connectivity index (χ2n) is 5.15. The van der Waals surface area contributed by atoms with Gasteiger partial charge >= 0.3 is 0 Å². The number of hydrogen-bond donors (Lipinski definition) is 2. The van der Waals surface area contributed by atoms with Crippen molar-refractivity contribution in [3.63, 3.8) is 0 Å². The summed E-state index contributed by atoms with van der Waals surface area (Å²) in [7, 11) is -3.84. The maximum Gasteiger partial charge on any atom is 0.284 e. The van der Waals surface area contributed by atoms with E-state index in [0.29, 0.717) is 5.69 Å². The molecule has 126 valence electrons. The smallest absolute Gasteiger partial charge is 0.272 e. The summed E-state index contributed by atoms with van der Waals surface area (Å²) in [5, 5.41) is 0. The van der Waals surface area contributed by atoms with Gasteiger partial charge < -0.3 is 0 Å². The zero-order chi connectivity index (χ0) is 17.7. The summed E-state index contributed by atoms with van der Waals surface area (Å²) in [6.45, 7) is 0. The van der Waals surface area contributed by atoms with Crippen molar-refractivity contribution in [1.82, 2.24) is 15.2 Å². The Hall–Kier alpha value is -3.03. The monoisotopic (exact) mass is 353 g/mol. The van der Waals surface area contributed by atoms with E-state index in [4.69, 9.17) is 0 Å². The largest absolute Gasteiger partial charge is 0.284 e. The predicted molar refractivity (Wildman–Crippen MR) is 93.9 cm³/mol. The van der Waals surface area contributed by atoms with Crippen molar-refractivity contribution < 1.29 is 13.2 Å². The van der Waals surface area contributed by atoms with Gasteiger partial charge in [-0.25, -0.2) is 13.4 Å². The molecule has 3 rings (SSSR count). The SMILES string of the molecule is O=C(NNS(=O)(=O)c1ccccc1)c1cccc(-c2ccccc2)n1. The predicted octanol–water partition coefficient (Wildman–Crippen LogP) is 2.37. The van der Waals surface area contributed by atoms with Crippen molar-refractivity contribution in [3.8, 4) is 11.3 Å². The number of hydrazine groups is 1. The highest BCUT2D eigenvalue weighted by molar-refractivity contribution is 7.89. The van der Waals surface area contributed by atoms with Gasteiger partial charge in [0.1, 0.15) is 5.69 Å². The highest BCUT2D eigenvalue weighted by atomic mass is 32.2. The maximum absolute atomic E-state index is 12.2. The normalized spacial score (nSPS) is 11.0. The average Bonchev–Trinajstić information content (AvgIpc) is 2.68. The van der Waals surface area contributed by atoms with Gasteiger partial charge in [-0.3, -0.25) is 10.2 Å². The molecule has 1 aromatic heterocycles. The second-order valence-corrected chi connectivity index (χ2v) is 6.83. The molecular weight excluding hydrogens is 338 g/mol. The molecular formula is C18H15N3O3S. The summed E-state index contributed by atoms with van der Waals surface area (Å²) >= 11 is 0. The zero-order valence-corrected chi connectivity index (χ0v) is 13.9. The van der Waals surface area contributed by atoms with Crippen LogP contribution in [0.3, 0.4) is 0 Å². The van der Waals surface area contributed by atoms with E-state index in [1.807, 2.05) is 30.3 Å². The molecule has 0 radical (unpaired) electrons. The van der Waals surface area contributed by atoms with E-state index in [1.54, 1.807) is 30.3 Å². The summed E-state index contributed by atoms with van der Waals surface area (Å²) < 4.78 is 24.2. The van der Waals surface area contributed by atoms with Crippen LogP contribution in [-0.4, -0.2) is 19.3 Å². The molecule has 0 fully saturated rings. The molecule has 0 saturated heterocycles. The standard InChI is InChI=1S/C18H15N3O3S/c22-18(20-21-25(23,24)15-10-5-2-6-11-15)17-13-7-12-16(19-17)14-8-3-1-4-9-14/h1-13,21H,(H,20,22). The fourth-order valence-electron chi connectivity index (χ4n) is 2.17. The van der Waals surface area contributed by atoms with Crippen LogP contribution in [0.15, 0.2) is 83.8 Å². The first-order valence-electron chi connectivity index (χ1n) is 7.46. The summed E-state index contributed by atoms with van der Waals surface area (Å²) in [6, 6.07) is 22.1. The Kier molecular flexibility index (Phi) is 4.87. The zero-order valence-electron chi connectivity index (χ0n) is 13.1. The third kappa shape index (κ3) is 4.09. The molecule has 25 heavy (non-hydrogen) atoms. The lowest BCUT2D eigenvalue weighted by Crippen LogP contribution is -2.41. The Bertz CT molecular complexity index is 975. The highest BCUT2D eigenvalue weighted by Gasteiger charge is 2.16. The molecule has 1 amide bonds. The summed E-state index contributed by atoms with van der Waals surface area (Å²) in [5.74, 6) is -0.641. The summed E-state index contributed by atoms with van der Waals surface area (Å²) in [6.07, 6.45) is 0. The van der Waals surface area contributed by atoms with Crippen molar-refractivity contribution in [2.45, 2.75) is 4.90 Å². The van der Waals surface area contributed by atoms with E-state index < -0.39 is 15.9 Å². The Morgan fingerprint density at radius 1 is 0.800 bits per heavy atom. The fourth-order valence-corrected chi connectivity index (χ4v) is 3.03.